The second kappa shape index (κ2) is 5.31. The molecular weight excluding hydrogens is 240 g/mol. The fraction of sp³-hybridized carbons (Fsp3) is 0.500. The SMILES string of the molecule is C[C@@H](N)c1ccc(OCC(F)(F)C(F)F)nc1. The Bertz CT molecular complexity index is 354. The van der Waals surface area contributed by atoms with Crippen LogP contribution in [0.2, 0.25) is 0 Å². The number of halogens is 4. The van der Waals surface area contributed by atoms with Gasteiger partial charge in [-0.15, -0.1) is 0 Å². The number of hydrogen-bond donors (Lipinski definition) is 1. The Morgan fingerprint density at radius 1 is 1.41 bits per heavy atom. The zero-order chi connectivity index (χ0) is 13.1. The molecule has 17 heavy (non-hydrogen) atoms. The van der Waals surface area contributed by atoms with Gasteiger partial charge in [0.1, 0.15) is 0 Å². The van der Waals surface area contributed by atoms with Crippen molar-refractivity contribution in [3.05, 3.63) is 23.9 Å². The molecule has 0 aliphatic rings. The zero-order valence-electron chi connectivity index (χ0n) is 9.04. The van der Waals surface area contributed by atoms with Gasteiger partial charge in [0.15, 0.2) is 6.61 Å². The summed E-state index contributed by atoms with van der Waals surface area (Å²) in [4.78, 5) is 3.68. The Kier molecular flexibility index (Phi) is 4.28. The lowest BCUT2D eigenvalue weighted by Crippen LogP contribution is -2.33. The highest BCUT2D eigenvalue weighted by Gasteiger charge is 2.41. The Labute approximate surface area is 95.6 Å². The van der Waals surface area contributed by atoms with Gasteiger partial charge in [0.2, 0.25) is 5.88 Å². The van der Waals surface area contributed by atoms with Crippen LogP contribution in [0.4, 0.5) is 17.6 Å². The molecule has 0 saturated carbocycles. The third-order valence-electron chi connectivity index (χ3n) is 2.02. The number of pyridine rings is 1. The van der Waals surface area contributed by atoms with Crippen LogP contribution in [0.3, 0.4) is 0 Å². The van der Waals surface area contributed by atoms with Gasteiger partial charge in [-0.1, -0.05) is 6.07 Å². The normalized spacial score (nSPS) is 13.8. The maximum atomic E-state index is 12.5. The third-order valence-corrected chi connectivity index (χ3v) is 2.02. The lowest BCUT2D eigenvalue weighted by atomic mass is 10.2. The quantitative estimate of drug-likeness (QED) is 0.818. The summed E-state index contributed by atoms with van der Waals surface area (Å²) >= 11 is 0. The first kappa shape index (κ1) is 13.7. The van der Waals surface area contributed by atoms with Crippen molar-refractivity contribution in [2.24, 2.45) is 5.73 Å². The molecule has 0 saturated heterocycles. The lowest BCUT2D eigenvalue weighted by Gasteiger charge is -2.15. The van der Waals surface area contributed by atoms with Gasteiger partial charge in [-0.3, -0.25) is 0 Å². The maximum absolute atomic E-state index is 12.5. The number of aromatic nitrogens is 1. The van der Waals surface area contributed by atoms with Crippen molar-refractivity contribution >= 4 is 0 Å². The van der Waals surface area contributed by atoms with E-state index >= 15 is 0 Å². The molecule has 1 aromatic rings. The Morgan fingerprint density at radius 2 is 2.06 bits per heavy atom. The van der Waals surface area contributed by atoms with Crippen molar-refractivity contribution in [1.82, 2.24) is 4.98 Å². The third kappa shape index (κ3) is 3.85. The van der Waals surface area contributed by atoms with Gasteiger partial charge < -0.3 is 10.5 Å². The van der Waals surface area contributed by atoms with Crippen molar-refractivity contribution in [3.63, 3.8) is 0 Å². The Balaban J connectivity index is 2.59. The summed E-state index contributed by atoms with van der Waals surface area (Å²) in [5.41, 5.74) is 6.24. The molecule has 1 rings (SSSR count). The van der Waals surface area contributed by atoms with Gasteiger partial charge in [0.25, 0.3) is 0 Å². The minimum absolute atomic E-state index is 0.144. The van der Waals surface area contributed by atoms with Crippen LogP contribution in [-0.2, 0) is 0 Å². The van der Waals surface area contributed by atoms with Crippen molar-refractivity contribution in [2.45, 2.75) is 25.3 Å². The van der Waals surface area contributed by atoms with Crippen LogP contribution in [0.1, 0.15) is 18.5 Å². The van der Waals surface area contributed by atoms with E-state index in [0.29, 0.717) is 5.56 Å². The molecule has 1 aromatic heterocycles. The average molecular weight is 252 g/mol. The highest BCUT2D eigenvalue weighted by atomic mass is 19.3. The van der Waals surface area contributed by atoms with E-state index in [1.807, 2.05) is 0 Å². The maximum Gasteiger partial charge on any atom is 0.340 e. The second-order valence-electron chi connectivity index (χ2n) is 3.57. The Hall–Kier alpha value is -1.37. The molecule has 0 aliphatic carbocycles. The molecule has 0 fully saturated rings. The molecule has 0 spiro atoms. The number of hydrogen-bond acceptors (Lipinski definition) is 3. The summed E-state index contributed by atoms with van der Waals surface area (Å²) in [5, 5.41) is 0. The van der Waals surface area contributed by atoms with Gasteiger partial charge in [-0.25, -0.2) is 13.8 Å². The van der Waals surface area contributed by atoms with E-state index in [9.17, 15) is 17.6 Å². The highest BCUT2D eigenvalue weighted by Crippen LogP contribution is 2.23. The summed E-state index contributed by atoms with van der Waals surface area (Å²) in [5.74, 6) is -4.32. The second-order valence-corrected chi connectivity index (χ2v) is 3.57. The van der Waals surface area contributed by atoms with Crippen molar-refractivity contribution in [2.75, 3.05) is 6.61 Å². The van der Waals surface area contributed by atoms with Crippen molar-refractivity contribution in [1.29, 1.82) is 0 Å². The van der Waals surface area contributed by atoms with Gasteiger partial charge in [0, 0.05) is 18.3 Å². The minimum Gasteiger partial charge on any atom is -0.471 e. The number of ether oxygens (including phenoxy) is 1. The minimum atomic E-state index is -4.18. The molecule has 1 atom stereocenters. The zero-order valence-corrected chi connectivity index (χ0v) is 9.04. The smallest absolute Gasteiger partial charge is 0.340 e. The van der Waals surface area contributed by atoms with Gasteiger partial charge in [-0.2, -0.15) is 8.78 Å². The first-order valence-electron chi connectivity index (χ1n) is 4.83. The van der Waals surface area contributed by atoms with Crippen LogP contribution in [0.5, 0.6) is 5.88 Å². The van der Waals surface area contributed by atoms with Crippen LogP contribution in [0, 0.1) is 0 Å². The van der Waals surface area contributed by atoms with Gasteiger partial charge in [0.05, 0.1) is 0 Å². The predicted molar refractivity (Wildman–Crippen MR) is 53.3 cm³/mol. The van der Waals surface area contributed by atoms with E-state index in [0.717, 1.165) is 0 Å². The molecule has 0 bridgehead atoms. The molecule has 0 radical (unpaired) electrons. The lowest BCUT2D eigenvalue weighted by molar-refractivity contribution is -0.148. The van der Waals surface area contributed by atoms with Crippen LogP contribution < -0.4 is 10.5 Å². The molecule has 0 aromatic carbocycles. The molecule has 2 N–H and O–H groups in total. The fourth-order valence-electron chi connectivity index (χ4n) is 0.980. The number of nitrogens with two attached hydrogens (primary N) is 1. The number of rotatable bonds is 5. The van der Waals surface area contributed by atoms with Crippen LogP contribution in [0.25, 0.3) is 0 Å². The van der Waals surface area contributed by atoms with Gasteiger partial charge >= 0.3 is 12.3 Å². The average Bonchev–Trinajstić information content (AvgIpc) is 2.27. The molecule has 7 heteroatoms. The van der Waals surface area contributed by atoms with Crippen molar-refractivity contribution in [3.8, 4) is 5.88 Å². The summed E-state index contributed by atoms with van der Waals surface area (Å²) in [6.07, 6.45) is -2.41. The predicted octanol–water partition coefficient (Wildman–Crippen LogP) is 2.38. The summed E-state index contributed by atoms with van der Waals surface area (Å²) in [7, 11) is 0. The van der Waals surface area contributed by atoms with E-state index < -0.39 is 19.0 Å². The molecular formula is C10H12F4N2O. The Morgan fingerprint density at radius 3 is 2.47 bits per heavy atom. The van der Waals surface area contributed by atoms with E-state index in [1.165, 1.54) is 18.3 Å². The largest absolute Gasteiger partial charge is 0.471 e. The highest BCUT2D eigenvalue weighted by molar-refractivity contribution is 5.20. The summed E-state index contributed by atoms with van der Waals surface area (Å²) in [6.45, 7) is 0.317. The van der Waals surface area contributed by atoms with E-state index in [2.05, 4.69) is 9.72 Å². The molecule has 1 heterocycles. The first-order chi connectivity index (χ1) is 7.83. The van der Waals surface area contributed by atoms with Gasteiger partial charge in [-0.05, 0) is 12.5 Å². The van der Waals surface area contributed by atoms with E-state index in [1.54, 1.807) is 6.92 Å². The van der Waals surface area contributed by atoms with Crippen LogP contribution in [0.15, 0.2) is 18.3 Å². The summed E-state index contributed by atoms with van der Waals surface area (Å²) < 4.78 is 53.2. The molecule has 3 nitrogen and oxygen atoms in total. The topological polar surface area (TPSA) is 48.1 Å². The van der Waals surface area contributed by atoms with E-state index in [-0.39, 0.29) is 11.9 Å². The van der Waals surface area contributed by atoms with Crippen LogP contribution in [-0.4, -0.2) is 23.9 Å². The monoisotopic (exact) mass is 252 g/mol. The fourth-order valence-corrected chi connectivity index (χ4v) is 0.980. The number of nitrogens with zero attached hydrogens (tertiary/aromatic N) is 1. The molecule has 96 valence electrons. The molecule has 0 unspecified atom stereocenters. The van der Waals surface area contributed by atoms with Crippen LogP contribution >= 0.6 is 0 Å². The molecule has 0 amide bonds. The van der Waals surface area contributed by atoms with Crippen molar-refractivity contribution < 1.29 is 22.3 Å². The molecule has 0 aliphatic heterocycles. The summed E-state index contributed by atoms with van der Waals surface area (Å²) in [6, 6.07) is 2.59. The first-order valence-corrected chi connectivity index (χ1v) is 4.83. The van der Waals surface area contributed by atoms with E-state index in [4.69, 9.17) is 5.73 Å². The number of alkyl halides is 4. The standard InChI is InChI=1S/C10H12F4N2O/c1-6(15)7-2-3-8(16-4-7)17-5-10(13,14)9(11)12/h2-4,6,9H,5,15H2,1H3/t6-/m1/s1.